The Morgan fingerprint density at radius 2 is 2.40 bits per heavy atom. The number of aromatic nitrogens is 1. The molecule has 3 heteroatoms. The van der Waals surface area contributed by atoms with Gasteiger partial charge >= 0.3 is 0 Å². The number of hydrogen-bond acceptors (Lipinski definition) is 3. The second-order valence-electron chi connectivity index (χ2n) is 2.83. The Hall–Kier alpha value is -0.410. The number of aliphatic hydroxyl groups is 1. The summed E-state index contributed by atoms with van der Waals surface area (Å²) in [6.45, 7) is 1.95. The topological polar surface area (TPSA) is 33.1 Å². The summed E-state index contributed by atoms with van der Waals surface area (Å²) in [4.78, 5) is 4.21. The average molecular weight is 155 g/mol. The Bertz CT molecular complexity index is 252. The molecular formula is C7H9NOS. The number of thiazole rings is 1. The molecule has 0 unspecified atom stereocenters. The Kier molecular flexibility index (Phi) is 1.13. The smallest absolute Gasteiger partial charge is 0.125 e. The highest BCUT2D eigenvalue weighted by Gasteiger charge is 2.44. The van der Waals surface area contributed by atoms with Gasteiger partial charge in [-0.2, -0.15) is 0 Å². The predicted molar refractivity (Wildman–Crippen MR) is 40.0 cm³/mol. The van der Waals surface area contributed by atoms with Crippen molar-refractivity contribution < 1.29 is 5.11 Å². The molecule has 54 valence electrons. The molecule has 1 heterocycles. The van der Waals surface area contributed by atoms with E-state index >= 15 is 0 Å². The molecule has 2 rings (SSSR count). The van der Waals surface area contributed by atoms with E-state index in [1.165, 1.54) is 0 Å². The predicted octanol–water partition coefficient (Wildman–Crippen LogP) is 1.43. The molecule has 1 N–H and O–H groups in total. The van der Waals surface area contributed by atoms with E-state index in [4.69, 9.17) is 0 Å². The van der Waals surface area contributed by atoms with Gasteiger partial charge in [0, 0.05) is 11.1 Å². The Labute approximate surface area is 63.5 Å². The summed E-state index contributed by atoms with van der Waals surface area (Å²) in [6.07, 6.45) is 1.78. The number of aryl methyl sites for hydroxylation is 1. The highest BCUT2D eigenvalue weighted by Crippen LogP contribution is 2.46. The lowest BCUT2D eigenvalue weighted by Gasteiger charge is -1.99. The Morgan fingerprint density at radius 1 is 1.70 bits per heavy atom. The lowest BCUT2D eigenvalue weighted by Crippen LogP contribution is -2.02. The van der Waals surface area contributed by atoms with E-state index in [0.717, 1.165) is 23.5 Å². The van der Waals surface area contributed by atoms with Crippen molar-refractivity contribution in [3.05, 3.63) is 16.1 Å². The third kappa shape index (κ3) is 0.859. The molecule has 0 amide bonds. The third-order valence-electron chi connectivity index (χ3n) is 1.74. The minimum Gasteiger partial charge on any atom is -0.383 e. The average Bonchev–Trinajstić information content (AvgIpc) is 2.45. The van der Waals surface area contributed by atoms with E-state index in [9.17, 15) is 5.11 Å². The lowest BCUT2D eigenvalue weighted by atomic mass is 10.4. The van der Waals surface area contributed by atoms with Crippen molar-refractivity contribution in [1.29, 1.82) is 0 Å². The molecule has 0 radical (unpaired) electrons. The lowest BCUT2D eigenvalue weighted by molar-refractivity contribution is 0.151. The van der Waals surface area contributed by atoms with Gasteiger partial charge in [0.25, 0.3) is 0 Å². The normalized spacial score (nSPS) is 21.0. The summed E-state index contributed by atoms with van der Waals surface area (Å²) in [5, 5.41) is 12.4. The van der Waals surface area contributed by atoms with Crippen LogP contribution in [0.5, 0.6) is 0 Å². The molecule has 0 atom stereocenters. The van der Waals surface area contributed by atoms with E-state index in [-0.39, 0.29) is 0 Å². The molecule has 0 saturated heterocycles. The summed E-state index contributed by atoms with van der Waals surface area (Å²) in [6, 6.07) is 0. The van der Waals surface area contributed by atoms with Crippen LogP contribution in [0.15, 0.2) is 5.38 Å². The van der Waals surface area contributed by atoms with Crippen LogP contribution in [-0.2, 0) is 5.60 Å². The van der Waals surface area contributed by atoms with Crippen LogP contribution in [-0.4, -0.2) is 10.1 Å². The zero-order valence-electron chi connectivity index (χ0n) is 5.79. The molecular weight excluding hydrogens is 146 g/mol. The molecule has 1 saturated carbocycles. The monoisotopic (exact) mass is 155 g/mol. The van der Waals surface area contributed by atoms with Crippen molar-refractivity contribution in [2.24, 2.45) is 0 Å². The van der Waals surface area contributed by atoms with Crippen molar-refractivity contribution in [2.45, 2.75) is 25.4 Å². The molecule has 1 aliphatic carbocycles. The molecule has 10 heavy (non-hydrogen) atoms. The van der Waals surface area contributed by atoms with E-state index < -0.39 is 5.60 Å². The van der Waals surface area contributed by atoms with Crippen LogP contribution in [0, 0.1) is 6.92 Å². The van der Waals surface area contributed by atoms with Crippen LogP contribution < -0.4 is 0 Å². The third-order valence-corrected chi connectivity index (χ3v) is 2.89. The number of hydrogen-bond donors (Lipinski definition) is 1. The van der Waals surface area contributed by atoms with Crippen LogP contribution in [0.25, 0.3) is 0 Å². The first-order valence-electron chi connectivity index (χ1n) is 3.36. The minimum absolute atomic E-state index is 0.529. The van der Waals surface area contributed by atoms with Gasteiger partial charge in [-0.15, -0.1) is 11.3 Å². The number of nitrogens with zero attached hydrogens (tertiary/aromatic N) is 1. The molecule has 0 aromatic carbocycles. The van der Waals surface area contributed by atoms with Gasteiger partial charge in [-0.25, -0.2) is 4.98 Å². The van der Waals surface area contributed by atoms with Crippen LogP contribution in [0.4, 0.5) is 0 Å². The second kappa shape index (κ2) is 1.80. The quantitative estimate of drug-likeness (QED) is 0.665. The highest BCUT2D eigenvalue weighted by molar-refractivity contribution is 7.09. The maximum absolute atomic E-state index is 9.56. The molecule has 1 fully saturated rings. The van der Waals surface area contributed by atoms with Crippen LogP contribution >= 0.6 is 11.3 Å². The van der Waals surface area contributed by atoms with E-state index in [0.29, 0.717) is 0 Å². The molecule has 0 aliphatic heterocycles. The van der Waals surface area contributed by atoms with E-state index in [1.54, 1.807) is 11.3 Å². The largest absolute Gasteiger partial charge is 0.383 e. The van der Waals surface area contributed by atoms with Gasteiger partial charge in [0.05, 0.1) is 0 Å². The van der Waals surface area contributed by atoms with Crippen molar-refractivity contribution >= 4 is 11.3 Å². The summed E-state index contributed by atoms with van der Waals surface area (Å²) >= 11 is 1.56. The van der Waals surface area contributed by atoms with Gasteiger partial charge < -0.3 is 5.11 Å². The van der Waals surface area contributed by atoms with Gasteiger partial charge in [-0.3, -0.25) is 0 Å². The Morgan fingerprint density at radius 3 is 2.80 bits per heavy atom. The van der Waals surface area contributed by atoms with Crippen LogP contribution in [0.1, 0.15) is 23.5 Å². The Balaban J connectivity index is 2.34. The van der Waals surface area contributed by atoms with Crippen molar-refractivity contribution in [3.8, 4) is 0 Å². The van der Waals surface area contributed by atoms with Gasteiger partial charge in [-0.05, 0) is 19.8 Å². The fourth-order valence-electron chi connectivity index (χ4n) is 0.900. The molecule has 0 spiro atoms. The fourth-order valence-corrected chi connectivity index (χ4v) is 1.86. The van der Waals surface area contributed by atoms with Crippen molar-refractivity contribution in [2.75, 3.05) is 0 Å². The summed E-state index contributed by atoms with van der Waals surface area (Å²) in [5.74, 6) is 0. The van der Waals surface area contributed by atoms with Gasteiger partial charge in [0.2, 0.25) is 0 Å². The number of rotatable bonds is 1. The molecule has 1 aliphatic rings. The summed E-state index contributed by atoms with van der Waals surface area (Å²) in [5.41, 5.74) is 0.485. The first-order valence-corrected chi connectivity index (χ1v) is 4.24. The second-order valence-corrected chi connectivity index (χ2v) is 3.68. The standard InChI is InChI=1S/C7H9NOS/c1-5-4-10-6(8-5)7(9)2-3-7/h4,9H,2-3H2,1H3. The first kappa shape index (κ1) is 6.31. The van der Waals surface area contributed by atoms with Gasteiger partial charge in [0.1, 0.15) is 10.6 Å². The minimum atomic E-state index is -0.529. The summed E-state index contributed by atoms with van der Waals surface area (Å²) < 4.78 is 0. The molecule has 2 nitrogen and oxygen atoms in total. The maximum Gasteiger partial charge on any atom is 0.125 e. The van der Waals surface area contributed by atoms with Gasteiger partial charge in [0.15, 0.2) is 0 Å². The molecule has 0 bridgehead atoms. The van der Waals surface area contributed by atoms with Crippen molar-refractivity contribution in [1.82, 2.24) is 4.98 Å². The van der Waals surface area contributed by atoms with Gasteiger partial charge in [-0.1, -0.05) is 0 Å². The zero-order valence-corrected chi connectivity index (χ0v) is 6.61. The van der Waals surface area contributed by atoms with E-state index in [2.05, 4.69) is 4.98 Å². The maximum atomic E-state index is 9.56. The molecule has 1 aromatic rings. The zero-order chi connectivity index (χ0) is 7.19. The molecule has 1 aromatic heterocycles. The first-order chi connectivity index (χ1) is 4.71. The van der Waals surface area contributed by atoms with E-state index in [1.807, 2.05) is 12.3 Å². The van der Waals surface area contributed by atoms with Crippen molar-refractivity contribution in [3.63, 3.8) is 0 Å². The SMILES string of the molecule is Cc1csc(C2(O)CC2)n1. The van der Waals surface area contributed by atoms with Crippen LogP contribution in [0.2, 0.25) is 0 Å². The summed E-state index contributed by atoms with van der Waals surface area (Å²) in [7, 11) is 0. The van der Waals surface area contributed by atoms with Crippen LogP contribution in [0.3, 0.4) is 0 Å². The fraction of sp³-hybridized carbons (Fsp3) is 0.571. The highest BCUT2D eigenvalue weighted by atomic mass is 32.1.